The van der Waals surface area contributed by atoms with Gasteiger partial charge >= 0.3 is 0 Å². The highest BCUT2D eigenvalue weighted by molar-refractivity contribution is 5.76. The van der Waals surface area contributed by atoms with Crippen molar-refractivity contribution in [3.05, 3.63) is 30.3 Å². The second kappa shape index (κ2) is 7.46. The molecule has 1 aliphatic rings. The number of nitrogens with two attached hydrogens (primary N) is 1. The van der Waals surface area contributed by atoms with Crippen molar-refractivity contribution in [2.24, 2.45) is 11.1 Å². The third kappa shape index (κ3) is 4.46. The lowest BCUT2D eigenvalue weighted by Crippen LogP contribution is -2.42. The topological polar surface area (TPSA) is 58.4 Å². The van der Waals surface area contributed by atoms with Gasteiger partial charge in [-0.2, -0.15) is 0 Å². The van der Waals surface area contributed by atoms with Crippen LogP contribution in [0.5, 0.6) is 0 Å². The molecule has 0 saturated heterocycles. The number of nitrogens with one attached hydrogen (secondary N) is 1. The summed E-state index contributed by atoms with van der Waals surface area (Å²) >= 11 is 0. The van der Waals surface area contributed by atoms with Crippen molar-refractivity contribution in [1.82, 2.24) is 5.32 Å². The summed E-state index contributed by atoms with van der Waals surface area (Å²) in [6, 6.07) is 10.3. The standard InChI is InChI=1S/C17H27N3O/c1-20(15-7-3-2-4-8-15)12-6-11-19-16(21)13-17(14-18)9-5-10-17/h2-4,7-8H,5-6,9-14,18H2,1H3,(H,19,21). The average Bonchev–Trinajstić information content (AvgIpc) is 2.48. The number of anilines is 1. The summed E-state index contributed by atoms with van der Waals surface area (Å²) < 4.78 is 0. The summed E-state index contributed by atoms with van der Waals surface area (Å²) in [6.45, 7) is 2.31. The lowest BCUT2D eigenvalue weighted by Gasteiger charge is -2.40. The van der Waals surface area contributed by atoms with Gasteiger partial charge in [0.1, 0.15) is 0 Å². The Labute approximate surface area is 127 Å². The first-order chi connectivity index (χ1) is 10.2. The molecule has 1 amide bonds. The predicted molar refractivity (Wildman–Crippen MR) is 87.3 cm³/mol. The molecule has 1 saturated carbocycles. The Kier molecular flexibility index (Phi) is 5.62. The zero-order valence-corrected chi connectivity index (χ0v) is 13.0. The molecule has 0 spiro atoms. The van der Waals surface area contributed by atoms with E-state index in [9.17, 15) is 4.79 Å². The van der Waals surface area contributed by atoms with E-state index in [2.05, 4.69) is 29.4 Å². The minimum atomic E-state index is 0.102. The van der Waals surface area contributed by atoms with Crippen LogP contribution in [-0.4, -0.2) is 32.6 Å². The highest BCUT2D eigenvalue weighted by atomic mass is 16.1. The van der Waals surface area contributed by atoms with Crippen LogP contribution in [0, 0.1) is 5.41 Å². The van der Waals surface area contributed by atoms with Crippen molar-refractivity contribution in [2.45, 2.75) is 32.1 Å². The number of nitrogens with zero attached hydrogens (tertiary/aromatic N) is 1. The van der Waals surface area contributed by atoms with E-state index in [1.165, 1.54) is 12.1 Å². The van der Waals surface area contributed by atoms with Crippen molar-refractivity contribution >= 4 is 11.6 Å². The van der Waals surface area contributed by atoms with Gasteiger partial charge in [0, 0.05) is 32.2 Å². The summed E-state index contributed by atoms with van der Waals surface area (Å²) in [6.07, 6.45) is 4.97. The van der Waals surface area contributed by atoms with Crippen LogP contribution in [0.15, 0.2) is 30.3 Å². The smallest absolute Gasteiger partial charge is 0.220 e. The molecule has 4 nitrogen and oxygen atoms in total. The molecule has 0 aliphatic heterocycles. The lowest BCUT2D eigenvalue weighted by atomic mass is 9.66. The predicted octanol–water partition coefficient (Wildman–Crippen LogP) is 2.15. The molecule has 4 heteroatoms. The van der Waals surface area contributed by atoms with Crippen LogP contribution in [0.25, 0.3) is 0 Å². The molecule has 0 atom stereocenters. The molecule has 0 aromatic heterocycles. The number of hydrogen-bond acceptors (Lipinski definition) is 3. The number of benzene rings is 1. The number of rotatable bonds is 8. The fourth-order valence-electron chi connectivity index (χ4n) is 2.89. The van der Waals surface area contributed by atoms with E-state index in [0.717, 1.165) is 32.4 Å². The largest absolute Gasteiger partial charge is 0.375 e. The Balaban J connectivity index is 1.62. The van der Waals surface area contributed by atoms with Gasteiger partial charge in [-0.15, -0.1) is 0 Å². The Morgan fingerprint density at radius 3 is 2.62 bits per heavy atom. The van der Waals surface area contributed by atoms with E-state index in [1.54, 1.807) is 0 Å². The van der Waals surface area contributed by atoms with Gasteiger partial charge in [-0.25, -0.2) is 0 Å². The maximum absolute atomic E-state index is 11.9. The molecule has 0 radical (unpaired) electrons. The molecule has 1 aromatic rings. The molecule has 116 valence electrons. The van der Waals surface area contributed by atoms with Crippen molar-refractivity contribution in [1.29, 1.82) is 0 Å². The number of hydrogen-bond donors (Lipinski definition) is 2. The minimum Gasteiger partial charge on any atom is -0.375 e. The maximum Gasteiger partial charge on any atom is 0.220 e. The van der Waals surface area contributed by atoms with Crippen molar-refractivity contribution in [2.75, 3.05) is 31.6 Å². The summed E-state index contributed by atoms with van der Waals surface area (Å²) in [7, 11) is 2.08. The zero-order valence-electron chi connectivity index (χ0n) is 13.0. The first-order valence-corrected chi connectivity index (χ1v) is 7.88. The van der Waals surface area contributed by atoms with Crippen LogP contribution in [0.2, 0.25) is 0 Å². The first kappa shape index (κ1) is 15.8. The third-order valence-electron chi connectivity index (χ3n) is 4.57. The van der Waals surface area contributed by atoms with Gasteiger partial charge in [0.2, 0.25) is 5.91 Å². The summed E-state index contributed by atoms with van der Waals surface area (Å²) in [5.41, 5.74) is 7.10. The van der Waals surface area contributed by atoms with Gasteiger partial charge < -0.3 is 16.0 Å². The molecule has 0 bridgehead atoms. The fraction of sp³-hybridized carbons (Fsp3) is 0.588. The van der Waals surface area contributed by atoms with E-state index in [0.29, 0.717) is 13.0 Å². The van der Waals surface area contributed by atoms with Gasteiger partial charge in [0.25, 0.3) is 0 Å². The van der Waals surface area contributed by atoms with Crippen LogP contribution in [0.4, 0.5) is 5.69 Å². The quantitative estimate of drug-likeness (QED) is 0.721. The monoisotopic (exact) mass is 289 g/mol. The zero-order chi connectivity index (χ0) is 15.1. The molecule has 1 aromatic carbocycles. The Morgan fingerprint density at radius 2 is 2.05 bits per heavy atom. The van der Waals surface area contributed by atoms with E-state index >= 15 is 0 Å². The Bertz CT molecular complexity index is 437. The maximum atomic E-state index is 11.9. The molecule has 21 heavy (non-hydrogen) atoms. The van der Waals surface area contributed by atoms with E-state index in [4.69, 9.17) is 5.73 Å². The highest BCUT2D eigenvalue weighted by Crippen LogP contribution is 2.42. The summed E-state index contributed by atoms with van der Waals surface area (Å²) in [5.74, 6) is 0.155. The van der Waals surface area contributed by atoms with E-state index in [-0.39, 0.29) is 11.3 Å². The molecular weight excluding hydrogens is 262 g/mol. The van der Waals surface area contributed by atoms with Gasteiger partial charge in [-0.05, 0) is 43.4 Å². The SMILES string of the molecule is CN(CCCNC(=O)CC1(CN)CCC1)c1ccccc1. The number of para-hydroxylation sites is 1. The second-order valence-electron chi connectivity index (χ2n) is 6.20. The van der Waals surface area contributed by atoms with Gasteiger partial charge in [-0.1, -0.05) is 24.6 Å². The average molecular weight is 289 g/mol. The van der Waals surface area contributed by atoms with Gasteiger partial charge in [0.05, 0.1) is 0 Å². The molecule has 1 fully saturated rings. The van der Waals surface area contributed by atoms with Crippen LogP contribution in [0.3, 0.4) is 0 Å². The Hall–Kier alpha value is -1.55. The summed E-state index contributed by atoms with van der Waals surface area (Å²) in [4.78, 5) is 14.2. The third-order valence-corrected chi connectivity index (χ3v) is 4.57. The molecule has 0 unspecified atom stereocenters. The van der Waals surface area contributed by atoms with Crippen LogP contribution < -0.4 is 16.0 Å². The summed E-state index contributed by atoms with van der Waals surface area (Å²) in [5, 5.41) is 3.03. The van der Waals surface area contributed by atoms with Gasteiger partial charge in [0.15, 0.2) is 0 Å². The highest BCUT2D eigenvalue weighted by Gasteiger charge is 2.37. The molecule has 1 aliphatic carbocycles. The van der Waals surface area contributed by atoms with Crippen molar-refractivity contribution in [3.63, 3.8) is 0 Å². The van der Waals surface area contributed by atoms with Crippen molar-refractivity contribution in [3.8, 4) is 0 Å². The first-order valence-electron chi connectivity index (χ1n) is 7.88. The van der Waals surface area contributed by atoms with Crippen LogP contribution >= 0.6 is 0 Å². The molecular formula is C17H27N3O. The molecule has 2 rings (SSSR count). The number of amides is 1. The van der Waals surface area contributed by atoms with E-state index in [1.807, 2.05) is 18.2 Å². The minimum absolute atomic E-state index is 0.102. The number of carbonyl (C=O) groups is 1. The molecule has 0 heterocycles. The fourth-order valence-corrected chi connectivity index (χ4v) is 2.89. The molecule has 3 N–H and O–H groups in total. The van der Waals surface area contributed by atoms with Gasteiger partial charge in [-0.3, -0.25) is 4.79 Å². The Morgan fingerprint density at radius 1 is 1.33 bits per heavy atom. The van der Waals surface area contributed by atoms with Crippen LogP contribution in [0.1, 0.15) is 32.1 Å². The van der Waals surface area contributed by atoms with Crippen molar-refractivity contribution < 1.29 is 4.79 Å². The second-order valence-corrected chi connectivity index (χ2v) is 6.20. The normalized spacial score (nSPS) is 16.1. The number of carbonyl (C=O) groups excluding carboxylic acids is 1. The lowest BCUT2D eigenvalue weighted by molar-refractivity contribution is -0.124. The van der Waals surface area contributed by atoms with E-state index < -0.39 is 0 Å². The van der Waals surface area contributed by atoms with Crippen LogP contribution in [-0.2, 0) is 4.79 Å².